The van der Waals surface area contributed by atoms with Gasteiger partial charge in [-0.1, -0.05) is 266 Å². The Hall–Kier alpha value is -1.59. The molecule has 0 rings (SSSR count). The minimum atomic E-state index is -0.762. The van der Waals surface area contributed by atoms with Crippen LogP contribution in [0.4, 0.5) is 0 Å². The van der Waals surface area contributed by atoms with E-state index in [0.717, 1.165) is 69.6 Å². The number of carbonyl (C=O) groups is 3. The predicted octanol–water partition coefficient (Wildman–Crippen LogP) is 17.7. The third kappa shape index (κ3) is 47.7. The molecule has 0 amide bonds. The van der Waals surface area contributed by atoms with Gasteiger partial charge < -0.3 is 14.2 Å². The molecule has 0 N–H and O–H groups in total. The number of hydrogen-bond donors (Lipinski definition) is 0. The molecule has 6 nitrogen and oxygen atoms in total. The first-order valence-electron chi connectivity index (χ1n) is 27.3. The van der Waals surface area contributed by atoms with Crippen molar-refractivity contribution in [3.05, 3.63) is 0 Å². The van der Waals surface area contributed by atoms with Crippen LogP contribution in [0.25, 0.3) is 0 Å². The van der Waals surface area contributed by atoms with E-state index in [0.29, 0.717) is 19.3 Å². The van der Waals surface area contributed by atoms with Crippen LogP contribution in [0.5, 0.6) is 0 Å². The van der Waals surface area contributed by atoms with E-state index in [2.05, 4.69) is 34.6 Å². The molecule has 0 spiro atoms. The summed E-state index contributed by atoms with van der Waals surface area (Å²) in [6.45, 7) is 11.4. The van der Waals surface area contributed by atoms with E-state index in [1.165, 1.54) is 193 Å². The van der Waals surface area contributed by atoms with Gasteiger partial charge in [0, 0.05) is 19.3 Å². The lowest BCUT2D eigenvalue weighted by molar-refractivity contribution is -0.167. The Balaban J connectivity index is 4.32. The van der Waals surface area contributed by atoms with Crippen molar-refractivity contribution in [1.82, 2.24) is 0 Å². The fraction of sp³-hybridized carbons (Fsp3) is 0.945. The third-order valence-electron chi connectivity index (χ3n) is 12.8. The van der Waals surface area contributed by atoms with E-state index in [4.69, 9.17) is 14.2 Å². The molecule has 0 aliphatic carbocycles. The summed E-state index contributed by atoms with van der Waals surface area (Å²) >= 11 is 0. The summed E-state index contributed by atoms with van der Waals surface area (Å²) in [5.74, 6) is 0.864. The monoisotopic (exact) mass is 863 g/mol. The van der Waals surface area contributed by atoms with Crippen LogP contribution < -0.4 is 0 Å². The highest BCUT2D eigenvalue weighted by Gasteiger charge is 2.19. The lowest BCUT2D eigenvalue weighted by Crippen LogP contribution is -2.30. The molecule has 362 valence electrons. The van der Waals surface area contributed by atoms with Crippen LogP contribution in [-0.2, 0) is 28.6 Å². The van der Waals surface area contributed by atoms with Gasteiger partial charge in [-0.15, -0.1) is 0 Å². The zero-order valence-electron chi connectivity index (χ0n) is 41.8. The quantitative estimate of drug-likeness (QED) is 0.0344. The SMILES string of the molecule is CCCCCCCCCCCCCCCC(=O)OC[C@H](COC(=O)CCCCCCCCCCCCC(C)CC)OC(=O)CCCCCCCCCCCCCCCC(C)C. The Morgan fingerprint density at radius 2 is 0.623 bits per heavy atom. The minimum Gasteiger partial charge on any atom is -0.462 e. The van der Waals surface area contributed by atoms with Gasteiger partial charge in [-0.25, -0.2) is 0 Å². The maximum absolute atomic E-state index is 12.8. The summed E-state index contributed by atoms with van der Waals surface area (Å²) in [7, 11) is 0. The van der Waals surface area contributed by atoms with Crippen molar-refractivity contribution in [2.75, 3.05) is 13.2 Å². The van der Waals surface area contributed by atoms with Crippen LogP contribution in [0.2, 0.25) is 0 Å². The molecule has 0 aliphatic heterocycles. The van der Waals surface area contributed by atoms with Gasteiger partial charge in [-0.05, 0) is 31.1 Å². The largest absolute Gasteiger partial charge is 0.462 e. The molecule has 2 atom stereocenters. The lowest BCUT2D eigenvalue weighted by Gasteiger charge is -2.18. The first-order chi connectivity index (χ1) is 29.8. The van der Waals surface area contributed by atoms with Crippen molar-refractivity contribution >= 4 is 17.9 Å². The zero-order valence-corrected chi connectivity index (χ0v) is 41.8. The predicted molar refractivity (Wildman–Crippen MR) is 261 cm³/mol. The molecule has 61 heavy (non-hydrogen) atoms. The molecule has 0 bridgehead atoms. The molecule has 1 unspecified atom stereocenters. The van der Waals surface area contributed by atoms with Crippen molar-refractivity contribution in [3.8, 4) is 0 Å². The highest BCUT2D eigenvalue weighted by Crippen LogP contribution is 2.18. The second-order valence-electron chi connectivity index (χ2n) is 19.6. The van der Waals surface area contributed by atoms with E-state index in [9.17, 15) is 14.4 Å². The maximum atomic E-state index is 12.8. The number of ether oxygens (including phenoxy) is 3. The van der Waals surface area contributed by atoms with E-state index in [-0.39, 0.29) is 31.1 Å². The third-order valence-corrected chi connectivity index (χ3v) is 12.8. The summed E-state index contributed by atoms with van der Waals surface area (Å²) in [6.07, 6.45) is 49.3. The van der Waals surface area contributed by atoms with Gasteiger partial charge in [0.1, 0.15) is 13.2 Å². The van der Waals surface area contributed by atoms with Crippen molar-refractivity contribution < 1.29 is 28.6 Å². The van der Waals surface area contributed by atoms with Crippen molar-refractivity contribution in [2.24, 2.45) is 11.8 Å². The Labute approximate surface area is 380 Å². The Morgan fingerprint density at radius 1 is 0.344 bits per heavy atom. The van der Waals surface area contributed by atoms with Gasteiger partial charge in [0.25, 0.3) is 0 Å². The number of hydrogen-bond acceptors (Lipinski definition) is 6. The molecule has 0 aromatic carbocycles. The zero-order chi connectivity index (χ0) is 44.7. The van der Waals surface area contributed by atoms with Crippen LogP contribution in [0.3, 0.4) is 0 Å². The number of esters is 3. The molecule has 0 aromatic rings. The lowest BCUT2D eigenvalue weighted by atomic mass is 9.99. The Kier molecular flexibility index (Phi) is 46.6. The van der Waals surface area contributed by atoms with E-state index in [1.54, 1.807) is 0 Å². The van der Waals surface area contributed by atoms with Crippen molar-refractivity contribution in [1.29, 1.82) is 0 Å². The Morgan fingerprint density at radius 3 is 0.934 bits per heavy atom. The average molecular weight is 863 g/mol. The normalized spacial score (nSPS) is 12.5. The highest BCUT2D eigenvalue weighted by molar-refractivity contribution is 5.71. The number of unbranched alkanes of at least 4 members (excludes halogenated alkanes) is 33. The van der Waals surface area contributed by atoms with E-state index < -0.39 is 6.10 Å². The number of carbonyl (C=O) groups excluding carboxylic acids is 3. The summed E-state index contributed by atoms with van der Waals surface area (Å²) < 4.78 is 16.8. The molecule has 0 aromatic heterocycles. The van der Waals surface area contributed by atoms with Crippen LogP contribution in [0.15, 0.2) is 0 Å². The molecule has 0 radical (unpaired) electrons. The van der Waals surface area contributed by atoms with Gasteiger partial charge in [0.05, 0.1) is 0 Å². The minimum absolute atomic E-state index is 0.0632. The van der Waals surface area contributed by atoms with Gasteiger partial charge in [0.2, 0.25) is 0 Å². The molecular weight excluding hydrogens is 757 g/mol. The first-order valence-corrected chi connectivity index (χ1v) is 27.3. The van der Waals surface area contributed by atoms with Crippen LogP contribution in [-0.4, -0.2) is 37.2 Å². The topological polar surface area (TPSA) is 78.9 Å². The summed E-state index contributed by atoms with van der Waals surface area (Å²) in [5.41, 5.74) is 0. The van der Waals surface area contributed by atoms with Crippen molar-refractivity contribution in [3.63, 3.8) is 0 Å². The maximum Gasteiger partial charge on any atom is 0.306 e. The molecule has 0 saturated carbocycles. The molecule has 0 heterocycles. The average Bonchev–Trinajstić information content (AvgIpc) is 3.24. The highest BCUT2D eigenvalue weighted by atomic mass is 16.6. The van der Waals surface area contributed by atoms with Gasteiger partial charge in [-0.2, -0.15) is 0 Å². The first kappa shape index (κ1) is 59.4. The standard InChI is InChI=1S/C55H106O6/c1-6-8-9-10-11-12-13-15-19-25-30-35-40-45-53(56)59-48-52(49-60-54(57)46-41-36-31-26-22-21-24-29-34-39-44-51(5)7-2)61-55(58)47-42-37-32-27-20-17-14-16-18-23-28-33-38-43-50(3)4/h50-52H,6-49H2,1-5H3/t51?,52-/m1/s1. The summed E-state index contributed by atoms with van der Waals surface area (Å²) in [5, 5.41) is 0. The van der Waals surface area contributed by atoms with Gasteiger partial charge in [-0.3, -0.25) is 14.4 Å². The van der Waals surface area contributed by atoms with Crippen LogP contribution in [0.1, 0.15) is 304 Å². The number of rotatable bonds is 49. The van der Waals surface area contributed by atoms with E-state index in [1.807, 2.05) is 0 Å². The van der Waals surface area contributed by atoms with Gasteiger partial charge in [0.15, 0.2) is 6.10 Å². The van der Waals surface area contributed by atoms with Gasteiger partial charge >= 0.3 is 17.9 Å². The Bertz CT molecular complexity index is 933. The second kappa shape index (κ2) is 47.9. The molecular formula is C55H106O6. The fourth-order valence-electron chi connectivity index (χ4n) is 8.31. The van der Waals surface area contributed by atoms with Crippen LogP contribution in [0, 0.1) is 11.8 Å². The molecule has 0 aliphatic rings. The summed E-state index contributed by atoms with van der Waals surface area (Å²) in [6, 6.07) is 0. The smallest absolute Gasteiger partial charge is 0.306 e. The van der Waals surface area contributed by atoms with Crippen LogP contribution >= 0.6 is 0 Å². The van der Waals surface area contributed by atoms with Crippen molar-refractivity contribution in [2.45, 2.75) is 310 Å². The molecule has 0 saturated heterocycles. The fourth-order valence-corrected chi connectivity index (χ4v) is 8.31. The van der Waals surface area contributed by atoms with E-state index >= 15 is 0 Å². The molecule has 6 heteroatoms. The summed E-state index contributed by atoms with van der Waals surface area (Å²) in [4.78, 5) is 38.0. The second-order valence-corrected chi connectivity index (χ2v) is 19.6. The molecule has 0 fully saturated rings.